The van der Waals surface area contributed by atoms with Gasteiger partial charge >= 0.3 is 0 Å². The largest absolute Gasteiger partial charge is 0.344 e. The third-order valence-electron chi connectivity index (χ3n) is 3.56. The third-order valence-corrected chi connectivity index (χ3v) is 5.35. The molecule has 0 aromatic carbocycles. The van der Waals surface area contributed by atoms with Gasteiger partial charge in [-0.05, 0) is 25.4 Å². The number of hydrogen-bond acceptors (Lipinski definition) is 6. The summed E-state index contributed by atoms with van der Waals surface area (Å²) in [7, 11) is 0. The Bertz CT molecular complexity index is 723. The maximum absolute atomic E-state index is 6.06. The predicted octanol–water partition coefficient (Wildman–Crippen LogP) is 2.90. The van der Waals surface area contributed by atoms with Crippen LogP contribution >= 0.6 is 35.0 Å². The van der Waals surface area contributed by atoms with Gasteiger partial charge in [0.2, 0.25) is 5.28 Å². The van der Waals surface area contributed by atoms with Crippen molar-refractivity contribution < 1.29 is 9.47 Å². The number of thioether (sulfide) groups is 1. The molecule has 0 amide bonds. The van der Waals surface area contributed by atoms with Crippen LogP contribution in [-0.4, -0.2) is 43.3 Å². The van der Waals surface area contributed by atoms with E-state index in [0.717, 1.165) is 5.75 Å². The summed E-state index contributed by atoms with van der Waals surface area (Å²) in [6.07, 6.45) is 1.73. The zero-order valence-corrected chi connectivity index (χ0v) is 13.6. The van der Waals surface area contributed by atoms with Gasteiger partial charge in [0, 0.05) is 5.75 Å². The van der Waals surface area contributed by atoms with Crippen LogP contribution in [0, 0.1) is 0 Å². The van der Waals surface area contributed by atoms with Crippen molar-refractivity contribution in [3.8, 4) is 0 Å². The highest BCUT2D eigenvalue weighted by Gasteiger charge is 2.50. The number of halogens is 2. The fraction of sp³-hybridized carbons (Fsp3) is 0.583. The number of nitrogens with zero attached hydrogens (tertiary/aromatic N) is 4. The summed E-state index contributed by atoms with van der Waals surface area (Å²) >= 11 is 13.7. The normalized spacial score (nSPS) is 31.0. The van der Waals surface area contributed by atoms with E-state index in [0.29, 0.717) is 11.2 Å². The Morgan fingerprint density at radius 2 is 2.14 bits per heavy atom. The number of rotatable bonds is 1. The molecule has 6 nitrogen and oxygen atoms in total. The second-order valence-electron chi connectivity index (χ2n) is 5.47. The van der Waals surface area contributed by atoms with Crippen LogP contribution < -0.4 is 0 Å². The molecule has 0 unspecified atom stereocenters. The number of fused-ring (bicyclic) bond motifs is 2. The number of hydrogen-bond donors (Lipinski definition) is 0. The smallest absolute Gasteiger partial charge is 0.225 e. The van der Waals surface area contributed by atoms with Crippen LogP contribution in [0.3, 0.4) is 0 Å². The van der Waals surface area contributed by atoms with Gasteiger partial charge in [-0.25, -0.2) is 9.97 Å². The van der Waals surface area contributed by atoms with E-state index in [4.69, 9.17) is 32.7 Å². The molecule has 0 radical (unpaired) electrons. The topological polar surface area (TPSA) is 62.1 Å². The Kier molecular flexibility index (Phi) is 3.14. The minimum atomic E-state index is -0.560. The number of ether oxygens (including phenoxy) is 2. The van der Waals surface area contributed by atoms with Crippen molar-refractivity contribution in [1.29, 1.82) is 0 Å². The monoisotopic (exact) mass is 346 g/mol. The van der Waals surface area contributed by atoms with Crippen molar-refractivity contribution in [3.63, 3.8) is 0 Å². The van der Waals surface area contributed by atoms with Crippen molar-refractivity contribution in [2.75, 3.05) is 5.75 Å². The Balaban J connectivity index is 1.77. The van der Waals surface area contributed by atoms with Crippen molar-refractivity contribution >= 4 is 46.1 Å². The third kappa shape index (κ3) is 2.22. The van der Waals surface area contributed by atoms with E-state index in [1.165, 1.54) is 0 Å². The van der Waals surface area contributed by atoms with Crippen LogP contribution in [0.1, 0.15) is 19.2 Å². The molecule has 4 rings (SSSR count). The summed E-state index contributed by atoms with van der Waals surface area (Å²) in [5.41, 5.74) is 1.16. The molecule has 2 aliphatic heterocycles. The molecule has 0 saturated carbocycles. The SMILES string of the molecule is CC1(C)O[C@H]2[C@H](CS[C@@H]2n2cnc3c(Cl)nc(Cl)nc32)O1. The molecule has 2 fully saturated rings. The van der Waals surface area contributed by atoms with Gasteiger partial charge in [0.1, 0.15) is 17.0 Å². The molecule has 4 heterocycles. The van der Waals surface area contributed by atoms with Crippen LogP contribution in [0.25, 0.3) is 11.2 Å². The van der Waals surface area contributed by atoms with E-state index in [9.17, 15) is 0 Å². The average Bonchev–Trinajstić information content (AvgIpc) is 3.00. The summed E-state index contributed by atoms with van der Waals surface area (Å²) in [5, 5.41) is 0.397. The lowest BCUT2D eigenvalue weighted by Gasteiger charge is -2.22. The van der Waals surface area contributed by atoms with E-state index in [1.807, 2.05) is 18.4 Å². The highest BCUT2D eigenvalue weighted by atomic mass is 35.5. The van der Waals surface area contributed by atoms with E-state index in [-0.39, 0.29) is 28.0 Å². The fourth-order valence-electron chi connectivity index (χ4n) is 2.80. The minimum absolute atomic E-state index is 0.0313. The first kappa shape index (κ1) is 14.0. The van der Waals surface area contributed by atoms with Gasteiger partial charge in [-0.3, -0.25) is 4.57 Å². The molecule has 0 bridgehead atoms. The molecular formula is C12H12Cl2N4O2S. The molecule has 2 aromatic rings. The Labute approximate surface area is 135 Å². The minimum Gasteiger partial charge on any atom is -0.344 e. The molecule has 0 N–H and O–H groups in total. The summed E-state index contributed by atoms with van der Waals surface area (Å²) in [5.74, 6) is 0.306. The second kappa shape index (κ2) is 4.70. The lowest BCUT2D eigenvalue weighted by molar-refractivity contribution is -0.146. The second-order valence-corrected chi connectivity index (χ2v) is 7.32. The maximum atomic E-state index is 6.06. The van der Waals surface area contributed by atoms with Crippen LogP contribution in [0.15, 0.2) is 6.33 Å². The summed E-state index contributed by atoms with van der Waals surface area (Å²) in [6.45, 7) is 3.85. The van der Waals surface area contributed by atoms with Crippen LogP contribution in [0.4, 0.5) is 0 Å². The molecule has 9 heteroatoms. The maximum Gasteiger partial charge on any atom is 0.225 e. The summed E-state index contributed by atoms with van der Waals surface area (Å²) in [4.78, 5) is 12.5. The predicted molar refractivity (Wildman–Crippen MR) is 80.7 cm³/mol. The van der Waals surface area contributed by atoms with Gasteiger partial charge in [0.15, 0.2) is 16.6 Å². The first-order chi connectivity index (χ1) is 9.94. The Morgan fingerprint density at radius 1 is 1.33 bits per heavy atom. The number of aromatic nitrogens is 4. The Hall–Kier alpha value is -0.600. The quantitative estimate of drug-likeness (QED) is 0.584. The van der Waals surface area contributed by atoms with Gasteiger partial charge in [-0.1, -0.05) is 11.6 Å². The molecule has 112 valence electrons. The van der Waals surface area contributed by atoms with Crippen molar-refractivity contribution in [2.45, 2.75) is 37.2 Å². The highest BCUT2D eigenvalue weighted by Crippen LogP contribution is 2.47. The van der Waals surface area contributed by atoms with Gasteiger partial charge in [0.25, 0.3) is 0 Å². The van der Waals surface area contributed by atoms with Crippen molar-refractivity contribution in [3.05, 3.63) is 16.8 Å². The molecule has 2 aliphatic rings. The molecule has 2 aromatic heterocycles. The molecule has 0 spiro atoms. The van der Waals surface area contributed by atoms with E-state index in [1.54, 1.807) is 18.1 Å². The van der Waals surface area contributed by atoms with Crippen LogP contribution in [-0.2, 0) is 9.47 Å². The van der Waals surface area contributed by atoms with Crippen molar-refractivity contribution in [2.24, 2.45) is 0 Å². The van der Waals surface area contributed by atoms with Crippen LogP contribution in [0.5, 0.6) is 0 Å². The van der Waals surface area contributed by atoms with Crippen LogP contribution in [0.2, 0.25) is 10.4 Å². The van der Waals surface area contributed by atoms with E-state index < -0.39 is 5.79 Å². The lowest BCUT2D eigenvalue weighted by Crippen LogP contribution is -2.26. The van der Waals surface area contributed by atoms with Gasteiger partial charge in [0.05, 0.1) is 12.4 Å². The van der Waals surface area contributed by atoms with Crippen molar-refractivity contribution in [1.82, 2.24) is 19.5 Å². The lowest BCUT2D eigenvalue weighted by atomic mass is 10.2. The Morgan fingerprint density at radius 3 is 2.95 bits per heavy atom. The highest BCUT2D eigenvalue weighted by molar-refractivity contribution is 7.99. The first-order valence-corrected chi connectivity index (χ1v) is 8.28. The van der Waals surface area contributed by atoms with Gasteiger partial charge < -0.3 is 9.47 Å². The molecular weight excluding hydrogens is 335 g/mol. The van der Waals surface area contributed by atoms with E-state index >= 15 is 0 Å². The average molecular weight is 347 g/mol. The standard InChI is InChI=1S/C12H12Cl2N4O2S/c1-12(2)19-5-3-21-10(7(5)20-12)18-4-15-6-8(13)16-11(14)17-9(6)18/h4-5,7,10H,3H2,1-2H3/t5-,7-,10-/m0/s1. The van der Waals surface area contributed by atoms with E-state index in [2.05, 4.69) is 15.0 Å². The van der Waals surface area contributed by atoms with Gasteiger partial charge in [-0.15, -0.1) is 11.8 Å². The summed E-state index contributed by atoms with van der Waals surface area (Å²) < 4.78 is 13.9. The fourth-order valence-corrected chi connectivity index (χ4v) is 4.61. The molecule has 0 aliphatic carbocycles. The van der Waals surface area contributed by atoms with Gasteiger partial charge in [-0.2, -0.15) is 4.98 Å². The number of imidazole rings is 1. The molecule has 2 saturated heterocycles. The first-order valence-electron chi connectivity index (χ1n) is 6.47. The zero-order valence-electron chi connectivity index (χ0n) is 11.3. The zero-order chi connectivity index (χ0) is 14.8. The molecule has 21 heavy (non-hydrogen) atoms. The molecule has 3 atom stereocenters. The summed E-state index contributed by atoms with van der Waals surface area (Å²) in [6, 6.07) is 0.